The molecule has 0 saturated heterocycles. The van der Waals surface area contributed by atoms with E-state index >= 15 is 0 Å². The zero-order valence-electron chi connectivity index (χ0n) is 12.8. The number of hydrogen-bond acceptors (Lipinski definition) is 7. The Morgan fingerprint density at radius 3 is 1.96 bits per heavy atom. The lowest BCUT2D eigenvalue weighted by Gasteiger charge is -2.13. The van der Waals surface area contributed by atoms with Gasteiger partial charge < -0.3 is 10.0 Å². The molecule has 2 aromatic rings. The number of benzene rings is 2. The molecule has 0 unspecified atom stereocenters. The number of carbonyl (C=O) groups excluding carboxylic acids is 1. The Labute approximate surface area is 136 Å². The predicted octanol–water partition coefficient (Wildman–Crippen LogP) is 2.51. The van der Waals surface area contributed by atoms with Gasteiger partial charge in [0.05, 0.1) is 9.85 Å². The van der Waals surface area contributed by atoms with Crippen molar-refractivity contribution in [2.45, 2.75) is 0 Å². The van der Waals surface area contributed by atoms with E-state index in [-0.39, 0.29) is 16.8 Å². The molecule has 0 aromatic heterocycles. The Balaban J connectivity index is 2.51. The summed E-state index contributed by atoms with van der Waals surface area (Å²) in [6, 6.07) is 7.15. The van der Waals surface area contributed by atoms with Crippen LogP contribution in [0.1, 0.15) is 15.9 Å². The molecule has 0 spiro atoms. The molecule has 0 amide bonds. The Bertz CT molecular complexity index is 847. The Morgan fingerprint density at radius 2 is 1.46 bits per heavy atom. The van der Waals surface area contributed by atoms with Crippen LogP contribution in [-0.2, 0) is 0 Å². The molecule has 0 saturated carbocycles. The lowest BCUT2D eigenvalue weighted by molar-refractivity contribution is -0.385. The minimum Gasteiger partial charge on any atom is -0.502 e. The molecule has 9 heteroatoms. The van der Waals surface area contributed by atoms with Gasteiger partial charge >= 0.3 is 5.69 Å². The van der Waals surface area contributed by atoms with Crippen LogP contribution in [0.2, 0.25) is 0 Å². The first-order valence-electron chi connectivity index (χ1n) is 6.70. The van der Waals surface area contributed by atoms with Crippen LogP contribution in [0, 0.1) is 20.2 Å². The summed E-state index contributed by atoms with van der Waals surface area (Å²) in [5.41, 5.74) is -0.564. The first-order chi connectivity index (χ1) is 11.2. The van der Waals surface area contributed by atoms with Crippen LogP contribution in [-0.4, -0.2) is 34.8 Å². The highest BCUT2D eigenvalue weighted by Gasteiger charge is 2.22. The highest BCUT2D eigenvalue weighted by atomic mass is 16.6. The third kappa shape index (κ3) is 3.14. The first-order valence-corrected chi connectivity index (χ1v) is 6.70. The van der Waals surface area contributed by atoms with Crippen molar-refractivity contribution in [1.29, 1.82) is 0 Å². The molecule has 0 radical (unpaired) electrons. The van der Waals surface area contributed by atoms with Gasteiger partial charge in [0.25, 0.3) is 5.69 Å². The van der Waals surface area contributed by atoms with E-state index in [4.69, 9.17) is 0 Å². The van der Waals surface area contributed by atoms with E-state index in [2.05, 4.69) is 0 Å². The van der Waals surface area contributed by atoms with E-state index in [9.17, 15) is 30.1 Å². The summed E-state index contributed by atoms with van der Waals surface area (Å²) in [5, 5.41) is 31.4. The number of ketones is 1. The molecule has 0 aliphatic carbocycles. The standard InChI is InChI=1S/C15H13N3O6/c1-16(2)11-5-3-9(7-12(11)17(21)22)15(20)10-4-6-14(19)13(8-10)18(23)24/h3-8,19H,1-2H3. The van der Waals surface area contributed by atoms with Crippen LogP contribution in [0.5, 0.6) is 5.75 Å². The fraction of sp³-hybridized carbons (Fsp3) is 0.133. The quantitative estimate of drug-likeness (QED) is 0.506. The third-order valence-corrected chi connectivity index (χ3v) is 3.35. The number of carbonyl (C=O) groups is 1. The fourth-order valence-corrected chi connectivity index (χ4v) is 2.17. The SMILES string of the molecule is CN(C)c1ccc(C(=O)c2ccc(O)c([N+](=O)[O-])c2)cc1[N+](=O)[O-]. The summed E-state index contributed by atoms with van der Waals surface area (Å²) < 4.78 is 0. The third-order valence-electron chi connectivity index (χ3n) is 3.35. The van der Waals surface area contributed by atoms with Gasteiger partial charge in [-0.25, -0.2) is 0 Å². The molecule has 24 heavy (non-hydrogen) atoms. The molecule has 9 nitrogen and oxygen atoms in total. The monoisotopic (exact) mass is 331 g/mol. The number of nitro benzene ring substituents is 2. The molecule has 0 heterocycles. The Kier molecular flexibility index (Phi) is 4.45. The number of nitrogens with zero attached hydrogens (tertiary/aromatic N) is 3. The van der Waals surface area contributed by atoms with Gasteiger partial charge in [0, 0.05) is 37.4 Å². The smallest absolute Gasteiger partial charge is 0.311 e. The molecule has 2 aromatic carbocycles. The van der Waals surface area contributed by atoms with Crippen molar-refractivity contribution < 1.29 is 19.7 Å². The van der Waals surface area contributed by atoms with E-state index < -0.39 is 27.1 Å². The molecule has 124 valence electrons. The van der Waals surface area contributed by atoms with E-state index in [1.54, 1.807) is 14.1 Å². The number of aromatic hydroxyl groups is 1. The summed E-state index contributed by atoms with van der Waals surface area (Å²) in [7, 11) is 3.26. The number of anilines is 1. The summed E-state index contributed by atoms with van der Waals surface area (Å²) in [5.74, 6) is -1.18. The molecular weight excluding hydrogens is 318 g/mol. The van der Waals surface area contributed by atoms with Crippen molar-refractivity contribution in [1.82, 2.24) is 0 Å². The van der Waals surface area contributed by atoms with Crippen molar-refractivity contribution in [2.75, 3.05) is 19.0 Å². The second-order valence-electron chi connectivity index (χ2n) is 5.14. The van der Waals surface area contributed by atoms with E-state index in [0.717, 1.165) is 18.2 Å². The van der Waals surface area contributed by atoms with Crippen molar-refractivity contribution in [3.63, 3.8) is 0 Å². The molecule has 2 rings (SSSR count). The summed E-state index contributed by atoms with van der Waals surface area (Å²) in [4.78, 5) is 34.6. The lowest BCUT2D eigenvalue weighted by Crippen LogP contribution is -2.12. The van der Waals surface area contributed by atoms with Crippen LogP contribution >= 0.6 is 0 Å². The topological polar surface area (TPSA) is 127 Å². The molecule has 0 aliphatic heterocycles. The zero-order chi connectivity index (χ0) is 18.0. The average molecular weight is 331 g/mol. The fourth-order valence-electron chi connectivity index (χ4n) is 2.17. The maximum Gasteiger partial charge on any atom is 0.311 e. The normalized spacial score (nSPS) is 10.2. The lowest BCUT2D eigenvalue weighted by atomic mass is 10.0. The van der Waals surface area contributed by atoms with Crippen LogP contribution in [0.3, 0.4) is 0 Å². The van der Waals surface area contributed by atoms with Crippen LogP contribution in [0.15, 0.2) is 36.4 Å². The van der Waals surface area contributed by atoms with Gasteiger partial charge in [-0.15, -0.1) is 0 Å². The van der Waals surface area contributed by atoms with Crippen LogP contribution in [0.4, 0.5) is 17.1 Å². The minimum atomic E-state index is -0.816. The van der Waals surface area contributed by atoms with Crippen LogP contribution in [0.25, 0.3) is 0 Å². The second-order valence-corrected chi connectivity index (χ2v) is 5.14. The van der Waals surface area contributed by atoms with E-state index in [0.29, 0.717) is 5.69 Å². The van der Waals surface area contributed by atoms with Crippen molar-refractivity contribution in [3.8, 4) is 5.75 Å². The van der Waals surface area contributed by atoms with Crippen LogP contribution < -0.4 is 4.90 Å². The van der Waals surface area contributed by atoms with Gasteiger partial charge in [-0.05, 0) is 24.3 Å². The summed E-state index contributed by atoms with van der Waals surface area (Å²) >= 11 is 0. The summed E-state index contributed by atoms with van der Waals surface area (Å²) in [6.07, 6.45) is 0. The van der Waals surface area contributed by atoms with Gasteiger partial charge in [-0.1, -0.05) is 0 Å². The molecular formula is C15H13N3O6. The van der Waals surface area contributed by atoms with Crippen molar-refractivity contribution in [2.24, 2.45) is 0 Å². The van der Waals surface area contributed by atoms with Crippen molar-refractivity contribution >= 4 is 22.8 Å². The second kappa shape index (κ2) is 6.32. The Hall–Kier alpha value is -3.49. The highest BCUT2D eigenvalue weighted by molar-refractivity contribution is 6.10. The number of phenols is 1. The molecule has 0 bridgehead atoms. The zero-order valence-corrected chi connectivity index (χ0v) is 12.8. The maximum atomic E-state index is 12.4. The molecule has 0 fully saturated rings. The maximum absolute atomic E-state index is 12.4. The van der Waals surface area contributed by atoms with E-state index in [1.807, 2.05) is 0 Å². The number of hydrogen-bond donors (Lipinski definition) is 1. The highest BCUT2D eigenvalue weighted by Crippen LogP contribution is 2.30. The summed E-state index contributed by atoms with van der Waals surface area (Å²) in [6.45, 7) is 0. The largest absolute Gasteiger partial charge is 0.502 e. The first kappa shape index (κ1) is 16.9. The Morgan fingerprint density at radius 1 is 0.958 bits per heavy atom. The van der Waals surface area contributed by atoms with Gasteiger partial charge in [0.1, 0.15) is 5.69 Å². The average Bonchev–Trinajstić information content (AvgIpc) is 2.53. The number of rotatable bonds is 5. The van der Waals surface area contributed by atoms with Gasteiger partial charge in [-0.3, -0.25) is 25.0 Å². The molecule has 0 aliphatic rings. The molecule has 0 atom stereocenters. The van der Waals surface area contributed by atoms with Crippen molar-refractivity contribution in [3.05, 3.63) is 67.8 Å². The molecule has 1 N–H and O–H groups in total. The van der Waals surface area contributed by atoms with E-state index in [1.165, 1.54) is 23.1 Å². The van der Waals surface area contributed by atoms with Gasteiger partial charge in [0.15, 0.2) is 11.5 Å². The minimum absolute atomic E-state index is 0.0206. The number of nitro groups is 2. The predicted molar refractivity (Wildman–Crippen MR) is 85.6 cm³/mol. The van der Waals surface area contributed by atoms with Gasteiger partial charge in [0.2, 0.25) is 0 Å². The van der Waals surface area contributed by atoms with Gasteiger partial charge in [-0.2, -0.15) is 0 Å². The number of phenolic OH excluding ortho intramolecular Hbond substituents is 1.